The maximum atomic E-state index is 11.5. The zero-order valence-electron chi connectivity index (χ0n) is 12.7. The second-order valence-corrected chi connectivity index (χ2v) is 6.47. The summed E-state index contributed by atoms with van der Waals surface area (Å²) in [5, 5.41) is 23.6. The van der Waals surface area contributed by atoms with E-state index >= 15 is 0 Å². The predicted molar refractivity (Wildman–Crippen MR) is 97.3 cm³/mol. The Morgan fingerprint density at radius 3 is 1.50 bits per heavy atom. The lowest BCUT2D eigenvalue weighted by Gasteiger charge is -2.34. The molecular weight excluding hydrogens is 343 g/mol. The number of hydrogen-bond acceptors (Lipinski definition) is 2. The van der Waals surface area contributed by atoms with Crippen molar-refractivity contribution >= 4 is 23.2 Å². The van der Waals surface area contributed by atoms with Gasteiger partial charge in [0.15, 0.2) is 0 Å². The summed E-state index contributed by atoms with van der Waals surface area (Å²) in [6.07, 6.45) is -1.15. The van der Waals surface area contributed by atoms with Gasteiger partial charge in [-0.2, -0.15) is 0 Å². The highest BCUT2D eigenvalue weighted by molar-refractivity contribution is 6.30. The minimum atomic E-state index is -1.63. The standard InChI is InChI=1S/C20H16Cl2O2/c21-17-10-6-15(7-11-17)20(24,16-8-12-18(22)13-9-16)19(23)14-4-2-1-3-5-14/h1-13,19,23-24H. The molecule has 1 unspecified atom stereocenters. The molecule has 0 spiro atoms. The summed E-state index contributed by atoms with van der Waals surface area (Å²) in [5.74, 6) is 0. The fraction of sp³-hybridized carbons (Fsp3) is 0.100. The number of aliphatic hydroxyl groups is 2. The third-order valence-corrected chi connectivity index (χ3v) is 4.58. The van der Waals surface area contributed by atoms with Gasteiger partial charge in [-0.1, -0.05) is 77.8 Å². The Morgan fingerprint density at radius 2 is 1.08 bits per heavy atom. The molecule has 0 radical (unpaired) electrons. The largest absolute Gasteiger partial charge is 0.385 e. The van der Waals surface area contributed by atoms with Crippen LogP contribution in [0.25, 0.3) is 0 Å². The fourth-order valence-corrected chi connectivity index (χ4v) is 3.02. The number of rotatable bonds is 4. The van der Waals surface area contributed by atoms with Crippen molar-refractivity contribution in [3.05, 3.63) is 106 Å². The van der Waals surface area contributed by atoms with E-state index in [-0.39, 0.29) is 0 Å². The lowest BCUT2D eigenvalue weighted by Crippen LogP contribution is -2.35. The van der Waals surface area contributed by atoms with E-state index in [1.54, 1.807) is 60.7 Å². The van der Waals surface area contributed by atoms with Gasteiger partial charge in [-0.05, 0) is 41.0 Å². The van der Waals surface area contributed by atoms with Crippen LogP contribution >= 0.6 is 23.2 Å². The average molecular weight is 359 g/mol. The van der Waals surface area contributed by atoms with Gasteiger partial charge in [0.1, 0.15) is 11.7 Å². The maximum absolute atomic E-state index is 11.5. The van der Waals surface area contributed by atoms with Gasteiger partial charge < -0.3 is 10.2 Å². The molecule has 3 rings (SSSR count). The molecule has 0 bridgehead atoms. The molecule has 122 valence electrons. The third kappa shape index (κ3) is 3.19. The van der Waals surface area contributed by atoms with Crippen LogP contribution in [0.2, 0.25) is 10.0 Å². The van der Waals surface area contributed by atoms with Crippen LogP contribution in [-0.4, -0.2) is 10.2 Å². The Hall–Kier alpha value is -1.84. The molecule has 0 fully saturated rings. The first-order valence-corrected chi connectivity index (χ1v) is 8.25. The zero-order valence-corrected chi connectivity index (χ0v) is 14.2. The summed E-state index contributed by atoms with van der Waals surface area (Å²) < 4.78 is 0. The highest BCUT2D eigenvalue weighted by Gasteiger charge is 2.40. The van der Waals surface area contributed by atoms with Crippen molar-refractivity contribution in [3.8, 4) is 0 Å². The molecule has 1 atom stereocenters. The Bertz CT molecular complexity index is 754. The summed E-state index contributed by atoms with van der Waals surface area (Å²) in [7, 11) is 0. The van der Waals surface area contributed by atoms with Crippen molar-refractivity contribution in [2.24, 2.45) is 0 Å². The summed E-state index contributed by atoms with van der Waals surface area (Å²) in [6, 6.07) is 22.7. The molecule has 2 N–H and O–H groups in total. The van der Waals surface area contributed by atoms with Gasteiger partial charge in [0.2, 0.25) is 0 Å². The van der Waals surface area contributed by atoms with Crippen LogP contribution in [0, 0.1) is 0 Å². The van der Waals surface area contributed by atoms with Gasteiger partial charge in [-0.25, -0.2) is 0 Å². The quantitative estimate of drug-likeness (QED) is 0.691. The molecule has 24 heavy (non-hydrogen) atoms. The predicted octanol–water partition coefficient (Wildman–Crippen LogP) is 4.96. The van der Waals surface area contributed by atoms with Crippen molar-refractivity contribution < 1.29 is 10.2 Å². The topological polar surface area (TPSA) is 40.5 Å². The van der Waals surface area contributed by atoms with E-state index in [1.807, 2.05) is 18.2 Å². The first-order chi connectivity index (χ1) is 11.5. The summed E-state index contributed by atoms with van der Waals surface area (Å²) >= 11 is 11.9. The van der Waals surface area contributed by atoms with Crippen molar-refractivity contribution in [3.63, 3.8) is 0 Å². The Kier molecular flexibility index (Phi) is 4.93. The van der Waals surface area contributed by atoms with Gasteiger partial charge in [-0.3, -0.25) is 0 Å². The van der Waals surface area contributed by atoms with E-state index in [4.69, 9.17) is 23.2 Å². The summed E-state index contributed by atoms with van der Waals surface area (Å²) in [6.45, 7) is 0. The lowest BCUT2D eigenvalue weighted by atomic mass is 9.79. The first-order valence-electron chi connectivity index (χ1n) is 7.49. The van der Waals surface area contributed by atoms with Crippen molar-refractivity contribution in [2.75, 3.05) is 0 Å². The summed E-state index contributed by atoms with van der Waals surface area (Å²) in [4.78, 5) is 0. The smallest absolute Gasteiger partial charge is 0.145 e. The SMILES string of the molecule is OC(c1ccccc1)C(O)(c1ccc(Cl)cc1)c1ccc(Cl)cc1. The Balaban J connectivity index is 2.16. The molecule has 0 aromatic heterocycles. The number of aliphatic hydroxyl groups excluding tert-OH is 1. The Labute approximate surface area is 150 Å². The van der Waals surface area contributed by atoms with Gasteiger partial charge in [-0.15, -0.1) is 0 Å². The minimum Gasteiger partial charge on any atom is -0.385 e. The van der Waals surface area contributed by atoms with Crippen LogP contribution in [0.5, 0.6) is 0 Å². The van der Waals surface area contributed by atoms with E-state index in [0.717, 1.165) is 0 Å². The lowest BCUT2D eigenvalue weighted by molar-refractivity contribution is -0.0517. The maximum Gasteiger partial charge on any atom is 0.145 e. The molecule has 3 aromatic carbocycles. The molecule has 0 heterocycles. The fourth-order valence-electron chi connectivity index (χ4n) is 2.77. The second-order valence-electron chi connectivity index (χ2n) is 5.59. The van der Waals surface area contributed by atoms with Crippen LogP contribution in [0.4, 0.5) is 0 Å². The number of halogens is 2. The Morgan fingerprint density at radius 1 is 0.667 bits per heavy atom. The molecule has 3 aromatic rings. The van der Waals surface area contributed by atoms with E-state index in [9.17, 15) is 10.2 Å². The van der Waals surface area contributed by atoms with Crippen LogP contribution in [0.15, 0.2) is 78.9 Å². The first kappa shape index (κ1) is 17.0. The summed E-state index contributed by atoms with van der Waals surface area (Å²) in [5.41, 5.74) is 0.0809. The van der Waals surface area contributed by atoms with Gasteiger partial charge in [0.25, 0.3) is 0 Å². The van der Waals surface area contributed by atoms with Crippen LogP contribution in [-0.2, 0) is 5.60 Å². The van der Waals surface area contributed by atoms with Gasteiger partial charge in [0, 0.05) is 10.0 Å². The monoisotopic (exact) mass is 358 g/mol. The molecule has 0 aliphatic heterocycles. The molecule has 2 nitrogen and oxygen atoms in total. The zero-order chi connectivity index (χ0) is 17.2. The average Bonchev–Trinajstić information content (AvgIpc) is 2.62. The number of hydrogen-bond donors (Lipinski definition) is 2. The van der Waals surface area contributed by atoms with Crippen molar-refractivity contribution in [2.45, 2.75) is 11.7 Å². The van der Waals surface area contributed by atoms with Gasteiger partial charge in [0.05, 0.1) is 0 Å². The van der Waals surface area contributed by atoms with E-state index < -0.39 is 11.7 Å². The van der Waals surface area contributed by atoms with E-state index in [0.29, 0.717) is 26.7 Å². The molecule has 0 amide bonds. The second kappa shape index (κ2) is 6.96. The molecule has 4 heteroatoms. The van der Waals surface area contributed by atoms with Crippen molar-refractivity contribution in [1.29, 1.82) is 0 Å². The highest BCUT2D eigenvalue weighted by atomic mass is 35.5. The molecule has 0 saturated carbocycles. The molecule has 0 saturated heterocycles. The van der Waals surface area contributed by atoms with E-state index in [2.05, 4.69) is 0 Å². The van der Waals surface area contributed by atoms with Gasteiger partial charge >= 0.3 is 0 Å². The molecule has 0 aliphatic carbocycles. The molecular formula is C20H16Cl2O2. The van der Waals surface area contributed by atoms with Crippen molar-refractivity contribution in [1.82, 2.24) is 0 Å². The van der Waals surface area contributed by atoms with E-state index in [1.165, 1.54) is 0 Å². The molecule has 0 aliphatic rings. The van der Waals surface area contributed by atoms with Crippen LogP contribution < -0.4 is 0 Å². The van der Waals surface area contributed by atoms with Crippen LogP contribution in [0.3, 0.4) is 0 Å². The normalized spacial score (nSPS) is 12.8. The highest BCUT2D eigenvalue weighted by Crippen LogP contribution is 2.41. The minimum absolute atomic E-state index is 0.547. The van der Waals surface area contributed by atoms with Crippen LogP contribution in [0.1, 0.15) is 22.8 Å². The third-order valence-electron chi connectivity index (χ3n) is 4.08. The number of benzene rings is 3.